The van der Waals surface area contributed by atoms with Gasteiger partial charge in [0.05, 0.1) is 23.9 Å². The van der Waals surface area contributed by atoms with Crippen molar-refractivity contribution in [2.24, 2.45) is 0 Å². The zero-order valence-corrected chi connectivity index (χ0v) is 9.49. The predicted octanol–water partition coefficient (Wildman–Crippen LogP) is 2.32. The molecule has 0 amide bonds. The number of nitrogens with zero attached hydrogens (tertiary/aromatic N) is 2. The van der Waals surface area contributed by atoms with E-state index in [0.29, 0.717) is 6.42 Å². The molecule has 0 heterocycles. The molecule has 0 saturated carbocycles. The second kappa shape index (κ2) is 4.70. The van der Waals surface area contributed by atoms with Crippen LogP contribution in [0.5, 0.6) is 0 Å². The van der Waals surface area contributed by atoms with E-state index < -0.39 is 0 Å². The molecule has 0 spiro atoms. The molecule has 0 aliphatic carbocycles. The van der Waals surface area contributed by atoms with Gasteiger partial charge in [-0.05, 0) is 31.5 Å². The summed E-state index contributed by atoms with van der Waals surface area (Å²) < 4.78 is 0. The third-order valence-electron chi connectivity index (χ3n) is 2.61. The number of nitriles is 1. The number of aryl methyl sites for hydroxylation is 1. The van der Waals surface area contributed by atoms with E-state index in [0.717, 1.165) is 16.9 Å². The lowest BCUT2D eigenvalue weighted by Crippen LogP contribution is -2.29. The minimum absolute atomic E-state index is 0.181. The van der Waals surface area contributed by atoms with Crippen molar-refractivity contribution in [3.63, 3.8) is 0 Å². The topological polar surface area (TPSA) is 53.0 Å². The molecule has 0 aliphatic heterocycles. The van der Waals surface area contributed by atoms with Crippen molar-refractivity contribution >= 4 is 11.4 Å². The van der Waals surface area contributed by atoms with Gasteiger partial charge in [-0.2, -0.15) is 5.26 Å². The molecule has 0 fully saturated rings. The maximum atomic E-state index is 8.64. The van der Waals surface area contributed by atoms with Gasteiger partial charge < -0.3 is 10.6 Å². The monoisotopic (exact) mass is 203 g/mol. The lowest BCUT2D eigenvalue weighted by molar-refractivity contribution is 0.703. The van der Waals surface area contributed by atoms with E-state index in [1.807, 2.05) is 44.0 Å². The fraction of sp³-hybridized carbons (Fsp3) is 0.417. The van der Waals surface area contributed by atoms with E-state index >= 15 is 0 Å². The second-order valence-corrected chi connectivity index (χ2v) is 3.88. The van der Waals surface area contributed by atoms with Gasteiger partial charge in [-0.15, -0.1) is 0 Å². The highest BCUT2D eigenvalue weighted by atomic mass is 15.1. The molecule has 1 aromatic carbocycles. The number of rotatable bonds is 3. The van der Waals surface area contributed by atoms with E-state index in [-0.39, 0.29) is 6.04 Å². The van der Waals surface area contributed by atoms with Crippen LogP contribution in [-0.2, 0) is 0 Å². The Labute approximate surface area is 91.1 Å². The fourth-order valence-corrected chi connectivity index (χ4v) is 1.50. The highest BCUT2D eigenvalue weighted by Crippen LogP contribution is 2.25. The summed E-state index contributed by atoms with van der Waals surface area (Å²) in [5, 5.41) is 8.64. The molecular formula is C12H17N3. The normalized spacial score (nSPS) is 11.9. The summed E-state index contributed by atoms with van der Waals surface area (Å²) >= 11 is 0. The minimum Gasteiger partial charge on any atom is -0.397 e. The predicted molar refractivity (Wildman–Crippen MR) is 63.7 cm³/mol. The van der Waals surface area contributed by atoms with Crippen molar-refractivity contribution in [1.29, 1.82) is 5.26 Å². The van der Waals surface area contributed by atoms with Crippen LogP contribution in [0.15, 0.2) is 18.2 Å². The number of nitrogen functional groups attached to an aromatic ring is 1. The Balaban J connectivity index is 2.91. The van der Waals surface area contributed by atoms with Gasteiger partial charge in [0, 0.05) is 13.1 Å². The fourth-order valence-electron chi connectivity index (χ4n) is 1.50. The third kappa shape index (κ3) is 2.63. The SMILES string of the molecule is Cc1ccc(N(C)C(C)CC#N)c(N)c1. The first-order chi connectivity index (χ1) is 7.06. The van der Waals surface area contributed by atoms with E-state index in [2.05, 4.69) is 6.07 Å². The Bertz CT molecular complexity index is 379. The van der Waals surface area contributed by atoms with Gasteiger partial charge in [-0.25, -0.2) is 0 Å². The Morgan fingerprint density at radius 1 is 1.53 bits per heavy atom. The Kier molecular flexibility index (Phi) is 3.56. The van der Waals surface area contributed by atoms with Gasteiger partial charge in [0.15, 0.2) is 0 Å². The maximum Gasteiger partial charge on any atom is 0.0643 e. The Hall–Kier alpha value is -1.69. The average molecular weight is 203 g/mol. The molecule has 1 aromatic rings. The van der Waals surface area contributed by atoms with Crippen LogP contribution in [0.2, 0.25) is 0 Å². The Morgan fingerprint density at radius 3 is 2.73 bits per heavy atom. The smallest absolute Gasteiger partial charge is 0.0643 e. The summed E-state index contributed by atoms with van der Waals surface area (Å²) in [7, 11) is 1.96. The largest absolute Gasteiger partial charge is 0.397 e. The molecule has 15 heavy (non-hydrogen) atoms. The molecule has 0 aliphatic rings. The molecule has 2 N–H and O–H groups in total. The first-order valence-corrected chi connectivity index (χ1v) is 5.02. The third-order valence-corrected chi connectivity index (χ3v) is 2.61. The molecule has 1 unspecified atom stereocenters. The molecule has 80 valence electrons. The van der Waals surface area contributed by atoms with E-state index in [1.54, 1.807) is 0 Å². The quantitative estimate of drug-likeness (QED) is 0.767. The van der Waals surface area contributed by atoms with E-state index in [4.69, 9.17) is 11.0 Å². The van der Waals surface area contributed by atoms with Crippen LogP contribution in [0.3, 0.4) is 0 Å². The van der Waals surface area contributed by atoms with Crippen LogP contribution in [0.1, 0.15) is 18.9 Å². The van der Waals surface area contributed by atoms with Gasteiger partial charge in [-0.1, -0.05) is 6.07 Å². The molecule has 3 nitrogen and oxygen atoms in total. The molecule has 0 radical (unpaired) electrons. The summed E-state index contributed by atoms with van der Waals surface area (Å²) in [4.78, 5) is 2.04. The van der Waals surface area contributed by atoms with Crippen LogP contribution >= 0.6 is 0 Å². The van der Waals surface area contributed by atoms with Crippen LogP contribution in [0, 0.1) is 18.3 Å². The highest BCUT2D eigenvalue weighted by Gasteiger charge is 2.11. The maximum absolute atomic E-state index is 8.64. The molecule has 0 aromatic heterocycles. The first kappa shape index (κ1) is 11.4. The molecule has 1 atom stereocenters. The van der Waals surface area contributed by atoms with Crippen molar-refractivity contribution in [2.75, 3.05) is 17.7 Å². The van der Waals surface area contributed by atoms with Crippen LogP contribution in [0.4, 0.5) is 11.4 Å². The molecular weight excluding hydrogens is 186 g/mol. The average Bonchev–Trinajstić information content (AvgIpc) is 2.17. The van der Waals surface area contributed by atoms with E-state index in [9.17, 15) is 0 Å². The van der Waals surface area contributed by atoms with Gasteiger partial charge in [0.25, 0.3) is 0 Å². The molecule has 0 saturated heterocycles. The number of hydrogen-bond donors (Lipinski definition) is 1. The van der Waals surface area contributed by atoms with Crippen LogP contribution in [0.25, 0.3) is 0 Å². The summed E-state index contributed by atoms with van der Waals surface area (Å²) in [5.74, 6) is 0. The molecule has 1 rings (SSSR count). The van der Waals surface area contributed by atoms with Crippen molar-refractivity contribution in [3.8, 4) is 6.07 Å². The number of nitrogens with two attached hydrogens (primary N) is 1. The van der Waals surface area contributed by atoms with Crippen molar-refractivity contribution in [3.05, 3.63) is 23.8 Å². The minimum atomic E-state index is 0.181. The number of anilines is 2. The summed E-state index contributed by atoms with van der Waals surface area (Å²) in [6, 6.07) is 8.32. The Morgan fingerprint density at radius 2 is 2.20 bits per heavy atom. The summed E-state index contributed by atoms with van der Waals surface area (Å²) in [6.07, 6.45) is 0.504. The highest BCUT2D eigenvalue weighted by molar-refractivity contribution is 5.68. The summed E-state index contributed by atoms with van der Waals surface area (Å²) in [6.45, 7) is 4.03. The first-order valence-electron chi connectivity index (χ1n) is 5.02. The molecule has 3 heteroatoms. The lowest BCUT2D eigenvalue weighted by Gasteiger charge is -2.26. The van der Waals surface area contributed by atoms with Crippen LogP contribution < -0.4 is 10.6 Å². The molecule has 0 bridgehead atoms. The number of hydrogen-bond acceptors (Lipinski definition) is 3. The second-order valence-electron chi connectivity index (χ2n) is 3.88. The van der Waals surface area contributed by atoms with E-state index in [1.165, 1.54) is 0 Å². The van der Waals surface area contributed by atoms with Gasteiger partial charge in [-0.3, -0.25) is 0 Å². The van der Waals surface area contributed by atoms with Crippen molar-refractivity contribution < 1.29 is 0 Å². The van der Waals surface area contributed by atoms with Gasteiger partial charge in [0.2, 0.25) is 0 Å². The van der Waals surface area contributed by atoms with Gasteiger partial charge in [0.1, 0.15) is 0 Å². The lowest BCUT2D eigenvalue weighted by atomic mass is 10.1. The van der Waals surface area contributed by atoms with Crippen LogP contribution in [-0.4, -0.2) is 13.1 Å². The van der Waals surface area contributed by atoms with Crippen molar-refractivity contribution in [2.45, 2.75) is 26.3 Å². The van der Waals surface area contributed by atoms with Crippen molar-refractivity contribution in [1.82, 2.24) is 0 Å². The van der Waals surface area contributed by atoms with Gasteiger partial charge >= 0.3 is 0 Å². The zero-order chi connectivity index (χ0) is 11.4. The zero-order valence-electron chi connectivity index (χ0n) is 9.49. The summed E-state index contributed by atoms with van der Waals surface area (Å²) in [5.41, 5.74) is 8.84. The standard InChI is InChI=1S/C12H17N3/c1-9-4-5-12(11(14)8-9)15(3)10(2)6-7-13/h4-5,8,10H,6,14H2,1-3H3. The number of benzene rings is 1.